The van der Waals surface area contributed by atoms with Gasteiger partial charge < -0.3 is 14.7 Å². The first-order chi connectivity index (χ1) is 11.1. The van der Waals surface area contributed by atoms with Crippen molar-refractivity contribution >= 4 is 11.7 Å². The first-order valence-electron chi connectivity index (χ1n) is 7.92. The lowest BCUT2D eigenvalue weighted by Crippen LogP contribution is -2.31. The Kier molecular flexibility index (Phi) is 4.27. The molecule has 1 N–H and O–H groups in total. The van der Waals surface area contributed by atoms with Gasteiger partial charge in [0.2, 0.25) is 5.76 Å². The molecule has 0 saturated carbocycles. The molecule has 3 heterocycles. The van der Waals surface area contributed by atoms with Crippen molar-refractivity contribution < 1.29 is 9.32 Å². The fourth-order valence-electron chi connectivity index (χ4n) is 2.93. The van der Waals surface area contributed by atoms with Crippen molar-refractivity contribution in [2.24, 2.45) is 0 Å². The lowest BCUT2D eigenvalue weighted by atomic mass is 10.1. The molecule has 7 heteroatoms. The molecule has 3 rings (SSSR count). The number of hydrogen-bond donors (Lipinski definition) is 1. The van der Waals surface area contributed by atoms with Crippen LogP contribution in [-0.4, -0.2) is 39.5 Å². The normalized spacial score (nSPS) is 17.5. The van der Waals surface area contributed by atoms with Gasteiger partial charge in [0.05, 0.1) is 17.4 Å². The zero-order valence-electron chi connectivity index (χ0n) is 13.7. The number of aromatic nitrogens is 3. The van der Waals surface area contributed by atoms with Gasteiger partial charge in [-0.15, -0.1) is 0 Å². The number of anilines is 1. The number of carbonyl (C=O) groups excluding carboxylic acids is 1. The third-order valence-corrected chi connectivity index (χ3v) is 4.10. The Morgan fingerprint density at radius 1 is 1.43 bits per heavy atom. The maximum atomic E-state index is 12.7. The number of carbonyl (C=O) groups is 1. The fraction of sp³-hybridized carbons (Fsp3) is 0.500. The average molecular weight is 315 g/mol. The van der Waals surface area contributed by atoms with Gasteiger partial charge in [-0.1, -0.05) is 12.1 Å². The van der Waals surface area contributed by atoms with E-state index in [1.807, 2.05) is 31.9 Å². The van der Waals surface area contributed by atoms with Crippen LogP contribution in [0.1, 0.15) is 53.6 Å². The molecule has 0 spiro atoms. The molecule has 7 nitrogen and oxygen atoms in total. The van der Waals surface area contributed by atoms with Crippen LogP contribution in [0, 0.1) is 6.92 Å². The molecule has 0 aliphatic carbocycles. The lowest BCUT2D eigenvalue weighted by Gasteiger charge is -2.23. The third kappa shape index (κ3) is 3.04. The summed E-state index contributed by atoms with van der Waals surface area (Å²) in [6.45, 7) is 4.53. The summed E-state index contributed by atoms with van der Waals surface area (Å²) in [5, 5.41) is 6.94. The van der Waals surface area contributed by atoms with Crippen LogP contribution >= 0.6 is 0 Å². The zero-order chi connectivity index (χ0) is 16.4. The molecule has 23 heavy (non-hydrogen) atoms. The second-order valence-corrected chi connectivity index (χ2v) is 5.67. The summed E-state index contributed by atoms with van der Waals surface area (Å²) >= 11 is 0. The van der Waals surface area contributed by atoms with Crippen molar-refractivity contribution in [3.63, 3.8) is 0 Å². The Labute approximate surface area is 135 Å². The number of nitrogens with one attached hydrogen (secondary N) is 1. The van der Waals surface area contributed by atoms with Crippen LogP contribution in [0.5, 0.6) is 0 Å². The number of nitrogens with zero attached hydrogens (tertiary/aromatic N) is 4. The van der Waals surface area contributed by atoms with Crippen LogP contribution in [0.2, 0.25) is 0 Å². The van der Waals surface area contributed by atoms with Gasteiger partial charge in [0, 0.05) is 25.7 Å². The van der Waals surface area contributed by atoms with Crippen LogP contribution in [-0.2, 0) is 6.42 Å². The topological polar surface area (TPSA) is 84.2 Å². The van der Waals surface area contributed by atoms with E-state index in [-0.39, 0.29) is 11.9 Å². The van der Waals surface area contributed by atoms with E-state index in [0.29, 0.717) is 18.1 Å². The van der Waals surface area contributed by atoms with E-state index < -0.39 is 0 Å². The Hall–Kier alpha value is -2.44. The predicted octanol–water partition coefficient (Wildman–Crippen LogP) is 2.35. The standard InChI is InChI=1S/C16H21N5O2/c1-4-11-8-14(23-20-11)16(22)21-7-5-6-13(21)12-9-15(17-3)19-10(2)18-12/h8-9,13H,4-7H2,1-3H3,(H,17,18,19)/t13-/m0/s1. The van der Waals surface area contributed by atoms with Crippen LogP contribution < -0.4 is 5.32 Å². The van der Waals surface area contributed by atoms with Crippen molar-refractivity contribution in [2.45, 2.75) is 39.2 Å². The molecule has 0 radical (unpaired) electrons. The highest BCUT2D eigenvalue weighted by Crippen LogP contribution is 2.33. The minimum atomic E-state index is -0.123. The van der Waals surface area contributed by atoms with Gasteiger partial charge in [0.1, 0.15) is 11.6 Å². The van der Waals surface area contributed by atoms with Gasteiger partial charge in [0.15, 0.2) is 0 Å². The van der Waals surface area contributed by atoms with Gasteiger partial charge in [-0.2, -0.15) is 0 Å². The van der Waals surface area contributed by atoms with E-state index in [1.54, 1.807) is 6.07 Å². The minimum Gasteiger partial charge on any atom is -0.373 e. The van der Waals surface area contributed by atoms with Crippen LogP contribution in [0.4, 0.5) is 5.82 Å². The van der Waals surface area contributed by atoms with Crippen LogP contribution in [0.3, 0.4) is 0 Å². The summed E-state index contributed by atoms with van der Waals surface area (Å²) in [6, 6.07) is 3.58. The number of aryl methyl sites for hydroxylation is 2. The van der Waals surface area contributed by atoms with E-state index in [1.165, 1.54) is 0 Å². The first kappa shape index (κ1) is 15.5. The van der Waals surface area contributed by atoms with Crippen LogP contribution in [0.25, 0.3) is 0 Å². The molecule has 2 aromatic rings. The molecule has 0 unspecified atom stereocenters. The summed E-state index contributed by atoms with van der Waals surface area (Å²) in [5.41, 5.74) is 1.65. The molecule has 1 saturated heterocycles. The molecule has 1 amide bonds. The van der Waals surface area contributed by atoms with Gasteiger partial charge in [-0.25, -0.2) is 9.97 Å². The van der Waals surface area contributed by atoms with Gasteiger partial charge in [0.25, 0.3) is 5.91 Å². The second-order valence-electron chi connectivity index (χ2n) is 5.67. The average Bonchev–Trinajstić information content (AvgIpc) is 3.22. The summed E-state index contributed by atoms with van der Waals surface area (Å²) < 4.78 is 5.20. The Bertz CT molecular complexity index is 712. The second kappa shape index (κ2) is 6.36. The molecule has 1 aliphatic rings. The smallest absolute Gasteiger partial charge is 0.293 e. The molecular weight excluding hydrogens is 294 g/mol. The molecule has 122 valence electrons. The van der Waals surface area contributed by atoms with E-state index in [2.05, 4.69) is 20.4 Å². The van der Waals surface area contributed by atoms with Crippen molar-refractivity contribution in [1.29, 1.82) is 0 Å². The molecule has 1 atom stereocenters. The molecule has 1 fully saturated rings. The molecular formula is C16H21N5O2. The van der Waals surface area contributed by atoms with E-state index in [4.69, 9.17) is 4.52 Å². The van der Waals surface area contributed by atoms with Crippen LogP contribution in [0.15, 0.2) is 16.7 Å². The molecule has 0 bridgehead atoms. The third-order valence-electron chi connectivity index (χ3n) is 4.10. The summed E-state index contributed by atoms with van der Waals surface area (Å²) in [6.07, 6.45) is 2.58. The predicted molar refractivity (Wildman–Crippen MR) is 85.2 cm³/mol. The van der Waals surface area contributed by atoms with E-state index >= 15 is 0 Å². The Morgan fingerprint density at radius 2 is 2.26 bits per heavy atom. The van der Waals surface area contributed by atoms with Gasteiger partial charge in [-0.05, 0) is 26.2 Å². The van der Waals surface area contributed by atoms with E-state index in [0.717, 1.165) is 36.5 Å². The Morgan fingerprint density at radius 3 is 2.96 bits per heavy atom. The highest BCUT2D eigenvalue weighted by atomic mass is 16.5. The van der Waals surface area contributed by atoms with Gasteiger partial charge in [-0.3, -0.25) is 4.79 Å². The molecule has 2 aromatic heterocycles. The molecule has 0 aromatic carbocycles. The monoisotopic (exact) mass is 315 g/mol. The lowest BCUT2D eigenvalue weighted by molar-refractivity contribution is 0.0690. The quantitative estimate of drug-likeness (QED) is 0.932. The maximum absolute atomic E-state index is 12.7. The molecule has 1 aliphatic heterocycles. The number of likely N-dealkylation sites (tertiary alicyclic amines) is 1. The zero-order valence-corrected chi connectivity index (χ0v) is 13.7. The fourth-order valence-corrected chi connectivity index (χ4v) is 2.93. The minimum absolute atomic E-state index is 0.0496. The summed E-state index contributed by atoms with van der Waals surface area (Å²) in [5.74, 6) is 1.63. The van der Waals surface area contributed by atoms with Gasteiger partial charge >= 0.3 is 0 Å². The Balaban J connectivity index is 1.88. The number of amides is 1. The van der Waals surface area contributed by atoms with Crippen molar-refractivity contribution in [3.05, 3.63) is 35.1 Å². The SMILES string of the molecule is CCc1cc(C(=O)N2CCC[C@H]2c2cc(NC)nc(C)n2)on1. The van der Waals surface area contributed by atoms with Crippen molar-refractivity contribution in [3.8, 4) is 0 Å². The maximum Gasteiger partial charge on any atom is 0.293 e. The summed E-state index contributed by atoms with van der Waals surface area (Å²) in [7, 11) is 1.82. The van der Waals surface area contributed by atoms with E-state index in [9.17, 15) is 4.79 Å². The highest BCUT2D eigenvalue weighted by molar-refractivity contribution is 5.92. The number of hydrogen-bond acceptors (Lipinski definition) is 6. The van der Waals surface area contributed by atoms with Crippen molar-refractivity contribution in [1.82, 2.24) is 20.0 Å². The summed E-state index contributed by atoms with van der Waals surface area (Å²) in [4.78, 5) is 23.4. The van der Waals surface area contributed by atoms with Crippen molar-refractivity contribution in [2.75, 3.05) is 18.9 Å². The largest absolute Gasteiger partial charge is 0.373 e. The highest BCUT2D eigenvalue weighted by Gasteiger charge is 2.33. The number of rotatable bonds is 4. The first-order valence-corrected chi connectivity index (χ1v) is 7.92.